The fourth-order valence-corrected chi connectivity index (χ4v) is 4.72. The smallest absolute Gasteiger partial charge is 0.221 e. The summed E-state index contributed by atoms with van der Waals surface area (Å²) in [6.07, 6.45) is 0.761. The molecule has 0 unspecified atom stereocenters. The lowest BCUT2D eigenvalue weighted by Gasteiger charge is -2.29. The van der Waals surface area contributed by atoms with E-state index in [1.165, 1.54) is 12.6 Å². The molecule has 4 aromatic rings. The monoisotopic (exact) mass is 455 g/mol. The third-order valence-electron chi connectivity index (χ3n) is 6.36. The van der Waals surface area contributed by atoms with E-state index in [-0.39, 0.29) is 5.91 Å². The number of aromatic nitrogens is 3. The van der Waals surface area contributed by atoms with Crippen molar-refractivity contribution in [1.29, 1.82) is 0 Å². The number of anilines is 1. The van der Waals surface area contributed by atoms with Gasteiger partial charge in [-0.05, 0) is 37.3 Å². The Bertz CT molecular complexity index is 1360. The zero-order valence-corrected chi connectivity index (χ0v) is 19.8. The predicted octanol–water partition coefficient (Wildman–Crippen LogP) is 4.31. The average molecular weight is 456 g/mol. The number of ether oxygens (including phenoxy) is 1. The van der Waals surface area contributed by atoms with Crippen LogP contribution in [0.4, 0.5) is 5.69 Å². The number of nitrogens with zero attached hydrogens (tertiary/aromatic N) is 4. The van der Waals surface area contributed by atoms with Crippen LogP contribution in [0.3, 0.4) is 0 Å². The number of pyridine rings is 1. The molecule has 0 fully saturated rings. The number of amides is 1. The number of hydrogen-bond acceptors (Lipinski definition) is 5. The Labute approximate surface area is 199 Å². The number of carbonyl (C=O) groups excluding carboxylic acids is 1. The van der Waals surface area contributed by atoms with Crippen LogP contribution in [0.5, 0.6) is 5.75 Å². The molecule has 1 aliphatic rings. The first-order chi connectivity index (χ1) is 16.5. The molecule has 1 N–H and O–H groups in total. The molecule has 1 aliphatic heterocycles. The van der Waals surface area contributed by atoms with Crippen LogP contribution in [-0.2, 0) is 30.8 Å². The highest BCUT2D eigenvalue weighted by molar-refractivity contribution is 5.92. The van der Waals surface area contributed by atoms with Gasteiger partial charge in [-0.3, -0.25) is 14.7 Å². The van der Waals surface area contributed by atoms with Gasteiger partial charge in [-0.15, -0.1) is 0 Å². The van der Waals surface area contributed by atoms with E-state index in [0.717, 1.165) is 77.7 Å². The molecular formula is C27H29N5O2. The van der Waals surface area contributed by atoms with E-state index in [1.54, 1.807) is 7.11 Å². The Morgan fingerprint density at radius 1 is 1.09 bits per heavy atom. The average Bonchev–Trinajstić information content (AvgIpc) is 3.13. The summed E-state index contributed by atoms with van der Waals surface area (Å²) >= 11 is 0. The van der Waals surface area contributed by atoms with E-state index >= 15 is 0 Å². The normalized spacial score (nSPS) is 13.6. The van der Waals surface area contributed by atoms with Crippen LogP contribution in [-0.4, -0.2) is 39.0 Å². The number of imidazole rings is 1. The number of methoxy groups -OCH3 is 1. The molecule has 0 radical (unpaired) electrons. The van der Waals surface area contributed by atoms with Crippen molar-refractivity contribution in [1.82, 2.24) is 19.4 Å². The van der Waals surface area contributed by atoms with E-state index in [9.17, 15) is 4.79 Å². The molecule has 7 heteroatoms. The van der Waals surface area contributed by atoms with Gasteiger partial charge in [0, 0.05) is 56.2 Å². The number of hydrogen-bond donors (Lipinski definition) is 1. The molecule has 34 heavy (non-hydrogen) atoms. The molecule has 0 saturated carbocycles. The minimum Gasteiger partial charge on any atom is -0.496 e. The number of benzene rings is 2. The van der Waals surface area contributed by atoms with Crippen LogP contribution >= 0.6 is 0 Å². The highest BCUT2D eigenvalue weighted by atomic mass is 16.5. The summed E-state index contributed by atoms with van der Waals surface area (Å²) in [7, 11) is 1.71. The fourth-order valence-electron chi connectivity index (χ4n) is 4.72. The third-order valence-corrected chi connectivity index (χ3v) is 6.36. The maximum Gasteiger partial charge on any atom is 0.221 e. The second-order valence-corrected chi connectivity index (χ2v) is 8.80. The molecular weight excluding hydrogens is 426 g/mol. The zero-order chi connectivity index (χ0) is 23.7. The number of rotatable bonds is 6. The van der Waals surface area contributed by atoms with Crippen LogP contribution in [0.25, 0.3) is 10.9 Å². The van der Waals surface area contributed by atoms with Crippen molar-refractivity contribution in [2.45, 2.75) is 39.9 Å². The summed E-state index contributed by atoms with van der Waals surface area (Å²) in [6.45, 7) is 7.11. The summed E-state index contributed by atoms with van der Waals surface area (Å²) in [5.74, 6) is 1.92. The van der Waals surface area contributed by atoms with Gasteiger partial charge in [0.25, 0.3) is 0 Å². The van der Waals surface area contributed by atoms with Crippen LogP contribution in [0, 0.1) is 6.92 Å². The van der Waals surface area contributed by atoms with Gasteiger partial charge in [0.05, 0.1) is 29.7 Å². The summed E-state index contributed by atoms with van der Waals surface area (Å²) < 4.78 is 7.91. The van der Waals surface area contributed by atoms with Crippen molar-refractivity contribution in [2.75, 3.05) is 19.0 Å². The highest BCUT2D eigenvalue weighted by Gasteiger charge is 2.23. The van der Waals surface area contributed by atoms with Gasteiger partial charge in [0.1, 0.15) is 11.6 Å². The number of carbonyl (C=O) groups is 1. The molecule has 174 valence electrons. The second-order valence-electron chi connectivity index (χ2n) is 8.80. The maximum absolute atomic E-state index is 11.3. The minimum absolute atomic E-state index is 0.0744. The molecule has 0 atom stereocenters. The summed E-state index contributed by atoms with van der Waals surface area (Å²) in [5.41, 5.74) is 6.28. The van der Waals surface area contributed by atoms with E-state index < -0.39 is 0 Å². The van der Waals surface area contributed by atoms with Gasteiger partial charge in [-0.1, -0.05) is 24.3 Å². The van der Waals surface area contributed by atoms with Crippen LogP contribution < -0.4 is 10.1 Å². The number of para-hydroxylation sites is 1. The SMILES string of the molecule is COc1ccccc1Cc1nc(C)c2n1CCN(Cc1ccc3cc(NC(C)=O)ccc3n1)C2. The standard InChI is InChI=1S/C27H29N5O2/c1-18-25-17-31(12-13-32(25)27(28-18)15-21-6-4-5-7-26(21)34-3)16-23-9-8-20-14-22(29-19(2)33)10-11-24(20)30-23/h4-11,14H,12-13,15-17H2,1-3H3,(H,29,33). The Hall–Kier alpha value is -3.71. The van der Waals surface area contributed by atoms with Crippen molar-refractivity contribution in [2.24, 2.45) is 0 Å². The quantitative estimate of drug-likeness (QED) is 0.469. The topological polar surface area (TPSA) is 72.3 Å². The first-order valence-corrected chi connectivity index (χ1v) is 11.6. The van der Waals surface area contributed by atoms with Gasteiger partial charge in [0.2, 0.25) is 5.91 Å². The molecule has 0 saturated heterocycles. The minimum atomic E-state index is -0.0744. The van der Waals surface area contributed by atoms with Crippen LogP contribution in [0.15, 0.2) is 54.6 Å². The first kappa shape index (κ1) is 22.1. The molecule has 2 aromatic heterocycles. The number of nitrogens with one attached hydrogen (secondary N) is 1. The van der Waals surface area contributed by atoms with Crippen molar-refractivity contribution in [3.8, 4) is 5.75 Å². The van der Waals surface area contributed by atoms with Gasteiger partial charge in [-0.2, -0.15) is 0 Å². The van der Waals surface area contributed by atoms with Crippen molar-refractivity contribution >= 4 is 22.5 Å². The molecule has 3 heterocycles. The van der Waals surface area contributed by atoms with E-state index in [4.69, 9.17) is 14.7 Å². The van der Waals surface area contributed by atoms with E-state index in [0.29, 0.717) is 0 Å². The maximum atomic E-state index is 11.3. The highest BCUT2D eigenvalue weighted by Crippen LogP contribution is 2.26. The van der Waals surface area contributed by atoms with Gasteiger partial charge in [0.15, 0.2) is 0 Å². The zero-order valence-electron chi connectivity index (χ0n) is 19.8. The summed E-state index contributed by atoms with van der Waals surface area (Å²) in [4.78, 5) is 23.5. The van der Waals surface area contributed by atoms with Crippen LogP contribution in [0.1, 0.15) is 35.4 Å². The number of fused-ring (bicyclic) bond motifs is 2. The molecule has 5 rings (SSSR count). The van der Waals surface area contributed by atoms with Gasteiger partial charge < -0.3 is 14.6 Å². The molecule has 0 bridgehead atoms. The lowest BCUT2D eigenvalue weighted by molar-refractivity contribution is -0.114. The lowest BCUT2D eigenvalue weighted by atomic mass is 10.1. The molecule has 1 amide bonds. The van der Waals surface area contributed by atoms with Gasteiger partial charge >= 0.3 is 0 Å². The molecule has 0 spiro atoms. The second kappa shape index (κ2) is 9.27. The molecule has 2 aromatic carbocycles. The van der Waals surface area contributed by atoms with E-state index in [2.05, 4.69) is 39.9 Å². The molecule has 7 nitrogen and oxygen atoms in total. The third kappa shape index (κ3) is 4.52. The Morgan fingerprint density at radius 2 is 1.94 bits per heavy atom. The Morgan fingerprint density at radius 3 is 2.76 bits per heavy atom. The van der Waals surface area contributed by atoms with E-state index in [1.807, 2.05) is 36.4 Å². The Balaban J connectivity index is 1.31. The Kier molecular flexibility index (Phi) is 6.02. The van der Waals surface area contributed by atoms with Crippen molar-refractivity contribution in [3.63, 3.8) is 0 Å². The van der Waals surface area contributed by atoms with Crippen molar-refractivity contribution in [3.05, 3.63) is 83.1 Å². The summed E-state index contributed by atoms with van der Waals surface area (Å²) in [6, 6.07) is 18.1. The lowest BCUT2D eigenvalue weighted by Crippen LogP contribution is -2.34. The predicted molar refractivity (Wildman–Crippen MR) is 133 cm³/mol. The summed E-state index contributed by atoms with van der Waals surface area (Å²) in [5, 5.41) is 3.84. The van der Waals surface area contributed by atoms with Crippen LogP contribution in [0.2, 0.25) is 0 Å². The number of aryl methyl sites for hydroxylation is 1. The first-order valence-electron chi connectivity index (χ1n) is 11.6. The van der Waals surface area contributed by atoms with Gasteiger partial charge in [-0.25, -0.2) is 4.98 Å². The molecule has 0 aliphatic carbocycles. The van der Waals surface area contributed by atoms with Crippen molar-refractivity contribution < 1.29 is 9.53 Å². The fraction of sp³-hybridized carbons (Fsp3) is 0.296. The largest absolute Gasteiger partial charge is 0.496 e.